The van der Waals surface area contributed by atoms with Crippen LogP contribution in [0, 0.1) is 5.82 Å². The van der Waals surface area contributed by atoms with Gasteiger partial charge in [-0.3, -0.25) is 0 Å². The summed E-state index contributed by atoms with van der Waals surface area (Å²) in [6, 6.07) is 8.29. The number of aliphatic hydroxyl groups is 1. The standard InChI is InChI=1S/C14H16FNO2S/c1-18-12-5-4-9(7-11(12)15)14(17)10(8-16)13-3-2-6-19-13/h2-7,10,14,17H,8,16H2,1H3. The molecule has 0 fully saturated rings. The molecule has 0 aliphatic carbocycles. The fourth-order valence-electron chi connectivity index (χ4n) is 2.00. The molecule has 1 heterocycles. The Bertz CT molecular complexity index is 530. The van der Waals surface area contributed by atoms with Crippen LogP contribution in [0.2, 0.25) is 0 Å². The number of aliphatic hydroxyl groups excluding tert-OH is 1. The predicted molar refractivity (Wildman–Crippen MR) is 74.0 cm³/mol. The first-order valence-electron chi connectivity index (χ1n) is 5.92. The summed E-state index contributed by atoms with van der Waals surface area (Å²) in [7, 11) is 1.41. The summed E-state index contributed by atoms with van der Waals surface area (Å²) in [6.45, 7) is 0.301. The van der Waals surface area contributed by atoms with Gasteiger partial charge in [-0.15, -0.1) is 11.3 Å². The number of halogens is 1. The molecule has 5 heteroatoms. The van der Waals surface area contributed by atoms with Crippen molar-refractivity contribution >= 4 is 11.3 Å². The number of rotatable bonds is 5. The molecule has 3 nitrogen and oxygen atoms in total. The van der Waals surface area contributed by atoms with Crippen molar-refractivity contribution in [1.29, 1.82) is 0 Å². The van der Waals surface area contributed by atoms with Gasteiger partial charge in [0.05, 0.1) is 13.2 Å². The Morgan fingerprint density at radius 3 is 2.74 bits per heavy atom. The highest BCUT2D eigenvalue weighted by Gasteiger charge is 2.23. The molecule has 102 valence electrons. The normalized spacial score (nSPS) is 14.1. The van der Waals surface area contributed by atoms with Crippen LogP contribution in [-0.2, 0) is 0 Å². The SMILES string of the molecule is COc1ccc(C(O)C(CN)c2cccs2)cc1F. The minimum absolute atomic E-state index is 0.163. The molecule has 0 radical (unpaired) electrons. The van der Waals surface area contributed by atoms with E-state index in [1.54, 1.807) is 6.07 Å². The van der Waals surface area contributed by atoms with Crippen molar-refractivity contribution in [3.8, 4) is 5.75 Å². The largest absolute Gasteiger partial charge is 0.494 e. The van der Waals surface area contributed by atoms with E-state index in [9.17, 15) is 9.50 Å². The average Bonchev–Trinajstić information content (AvgIpc) is 2.93. The van der Waals surface area contributed by atoms with Crippen LogP contribution in [0.3, 0.4) is 0 Å². The Balaban J connectivity index is 2.27. The number of ether oxygens (including phenoxy) is 1. The summed E-state index contributed by atoms with van der Waals surface area (Å²) in [5, 5.41) is 12.3. The molecule has 1 aromatic carbocycles. The van der Waals surface area contributed by atoms with Gasteiger partial charge in [0.25, 0.3) is 0 Å². The van der Waals surface area contributed by atoms with Gasteiger partial charge >= 0.3 is 0 Å². The van der Waals surface area contributed by atoms with E-state index in [4.69, 9.17) is 10.5 Å². The van der Waals surface area contributed by atoms with Gasteiger partial charge < -0.3 is 15.6 Å². The van der Waals surface area contributed by atoms with Crippen molar-refractivity contribution in [3.05, 3.63) is 52.0 Å². The van der Waals surface area contributed by atoms with E-state index in [1.165, 1.54) is 30.6 Å². The minimum Gasteiger partial charge on any atom is -0.494 e. The zero-order valence-electron chi connectivity index (χ0n) is 10.5. The lowest BCUT2D eigenvalue weighted by molar-refractivity contribution is 0.148. The third-order valence-electron chi connectivity index (χ3n) is 3.06. The maximum absolute atomic E-state index is 13.7. The predicted octanol–water partition coefficient (Wildman–Crippen LogP) is 2.67. The van der Waals surface area contributed by atoms with Gasteiger partial charge in [0.2, 0.25) is 0 Å². The Hall–Kier alpha value is -1.43. The van der Waals surface area contributed by atoms with Crippen LogP contribution in [0.25, 0.3) is 0 Å². The van der Waals surface area contributed by atoms with Crippen molar-refractivity contribution in [2.75, 3.05) is 13.7 Å². The van der Waals surface area contributed by atoms with Crippen LogP contribution in [-0.4, -0.2) is 18.8 Å². The number of thiophene rings is 1. The molecule has 2 aromatic rings. The van der Waals surface area contributed by atoms with Crippen molar-refractivity contribution < 1.29 is 14.2 Å². The monoisotopic (exact) mass is 281 g/mol. The molecule has 0 spiro atoms. The molecule has 2 unspecified atom stereocenters. The number of hydrogen-bond acceptors (Lipinski definition) is 4. The highest BCUT2D eigenvalue weighted by Crippen LogP contribution is 2.34. The van der Waals surface area contributed by atoms with Gasteiger partial charge in [0.15, 0.2) is 11.6 Å². The van der Waals surface area contributed by atoms with E-state index in [1.807, 2.05) is 17.5 Å². The van der Waals surface area contributed by atoms with Crippen molar-refractivity contribution in [2.45, 2.75) is 12.0 Å². The molecule has 0 saturated carbocycles. The summed E-state index contributed by atoms with van der Waals surface area (Å²) < 4.78 is 18.5. The first-order valence-corrected chi connectivity index (χ1v) is 6.80. The Kier molecular flexibility index (Phi) is 4.52. The topological polar surface area (TPSA) is 55.5 Å². The fraction of sp³-hybridized carbons (Fsp3) is 0.286. The third-order valence-corrected chi connectivity index (χ3v) is 4.07. The zero-order valence-corrected chi connectivity index (χ0v) is 11.4. The lowest BCUT2D eigenvalue weighted by atomic mass is 9.94. The van der Waals surface area contributed by atoms with Gasteiger partial charge in [-0.1, -0.05) is 12.1 Å². The molecule has 0 amide bonds. The molecule has 2 atom stereocenters. The molecule has 19 heavy (non-hydrogen) atoms. The quantitative estimate of drug-likeness (QED) is 0.886. The maximum Gasteiger partial charge on any atom is 0.165 e. The highest BCUT2D eigenvalue weighted by atomic mass is 32.1. The van der Waals surface area contributed by atoms with E-state index in [-0.39, 0.29) is 11.7 Å². The Morgan fingerprint density at radius 1 is 1.42 bits per heavy atom. The minimum atomic E-state index is -0.830. The fourth-order valence-corrected chi connectivity index (χ4v) is 2.87. The van der Waals surface area contributed by atoms with Gasteiger partial charge in [0, 0.05) is 17.3 Å². The smallest absolute Gasteiger partial charge is 0.165 e. The molecule has 1 aromatic heterocycles. The first kappa shape index (κ1) is 14.0. The Morgan fingerprint density at radius 2 is 2.21 bits per heavy atom. The van der Waals surface area contributed by atoms with Crippen LogP contribution in [0.1, 0.15) is 22.5 Å². The van der Waals surface area contributed by atoms with Gasteiger partial charge in [0.1, 0.15) is 0 Å². The molecule has 0 aliphatic heterocycles. The van der Waals surface area contributed by atoms with E-state index in [2.05, 4.69) is 0 Å². The molecule has 3 N–H and O–H groups in total. The van der Waals surface area contributed by atoms with Gasteiger partial charge in [-0.25, -0.2) is 4.39 Å². The third kappa shape index (κ3) is 2.94. The number of hydrogen-bond donors (Lipinski definition) is 2. The highest BCUT2D eigenvalue weighted by molar-refractivity contribution is 7.10. The zero-order chi connectivity index (χ0) is 13.8. The van der Waals surface area contributed by atoms with Crippen LogP contribution in [0.5, 0.6) is 5.75 Å². The second kappa shape index (κ2) is 6.14. The first-order chi connectivity index (χ1) is 9.17. The second-order valence-corrected chi connectivity index (χ2v) is 5.18. The van der Waals surface area contributed by atoms with Crippen molar-refractivity contribution in [2.24, 2.45) is 5.73 Å². The summed E-state index contributed by atoms with van der Waals surface area (Å²) in [4.78, 5) is 0.992. The molecule has 0 bridgehead atoms. The van der Waals surface area contributed by atoms with Gasteiger partial charge in [-0.2, -0.15) is 0 Å². The number of methoxy groups -OCH3 is 1. The summed E-state index contributed by atoms with van der Waals surface area (Å²) in [6.07, 6.45) is -0.830. The van der Waals surface area contributed by atoms with E-state index < -0.39 is 11.9 Å². The number of benzene rings is 1. The summed E-state index contributed by atoms with van der Waals surface area (Å²) in [5.41, 5.74) is 6.23. The van der Waals surface area contributed by atoms with Crippen LogP contribution in [0.4, 0.5) is 4.39 Å². The van der Waals surface area contributed by atoms with Crippen molar-refractivity contribution in [1.82, 2.24) is 0 Å². The number of nitrogens with two attached hydrogens (primary N) is 1. The molecule has 2 rings (SSSR count). The Labute approximate surface area is 115 Å². The maximum atomic E-state index is 13.7. The second-order valence-electron chi connectivity index (χ2n) is 4.20. The summed E-state index contributed by atoms with van der Waals surface area (Å²) >= 11 is 1.53. The van der Waals surface area contributed by atoms with Gasteiger partial charge in [-0.05, 0) is 29.1 Å². The molecular formula is C14H16FNO2S. The molecular weight excluding hydrogens is 265 g/mol. The summed E-state index contributed by atoms with van der Waals surface area (Å²) in [5.74, 6) is -0.551. The van der Waals surface area contributed by atoms with Crippen molar-refractivity contribution in [3.63, 3.8) is 0 Å². The van der Waals surface area contributed by atoms with E-state index in [0.717, 1.165) is 4.88 Å². The van der Waals surface area contributed by atoms with Crippen LogP contribution >= 0.6 is 11.3 Å². The van der Waals surface area contributed by atoms with Crippen LogP contribution in [0.15, 0.2) is 35.7 Å². The van der Waals surface area contributed by atoms with Crippen LogP contribution < -0.4 is 10.5 Å². The lowest BCUT2D eigenvalue weighted by Gasteiger charge is -2.21. The molecule has 0 saturated heterocycles. The molecule has 0 aliphatic rings. The lowest BCUT2D eigenvalue weighted by Crippen LogP contribution is -2.19. The van der Waals surface area contributed by atoms with E-state index in [0.29, 0.717) is 12.1 Å². The van der Waals surface area contributed by atoms with E-state index >= 15 is 0 Å². The average molecular weight is 281 g/mol.